The zero-order valence-corrected chi connectivity index (χ0v) is 12.2. The third kappa shape index (κ3) is 6.27. The molecule has 0 bridgehead atoms. The van der Waals surface area contributed by atoms with Crippen LogP contribution in [0.5, 0.6) is 0 Å². The van der Waals surface area contributed by atoms with Gasteiger partial charge in [-0.2, -0.15) is 0 Å². The quantitative estimate of drug-likeness (QED) is 0.742. The Bertz CT molecular complexity index is 336. The van der Waals surface area contributed by atoms with Crippen molar-refractivity contribution in [1.82, 2.24) is 0 Å². The van der Waals surface area contributed by atoms with E-state index in [0.29, 0.717) is 11.6 Å². The van der Waals surface area contributed by atoms with Crippen molar-refractivity contribution in [2.45, 2.75) is 6.42 Å². The first kappa shape index (κ1) is 14.8. The summed E-state index contributed by atoms with van der Waals surface area (Å²) in [5, 5.41) is 3.97. The van der Waals surface area contributed by atoms with Crippen molar-refractivity contribution in [3.05, 3.63) is 27.7 Å². The van der Waals surface area contributed by atoms with Crippen molar-refractivity contribution < 1.29 is 9.47 Å². The van der Waals surface area contributed by atoms with E-state index in [1.165, 1.54) is 0 Å². The minimum atomic E-state index is 0.684. The third-order valence-corrected chi connectivity index (χ3v) is 3.35. The number of nitrogens with one attached hydrogen (secondary N) is 1. The lowest BCUT2D eigenvalue weighted by Gasteiger charge is -2.08. The standard InChI is InChI=1S/C12H17BrClNO2/c1-16-6-2-7-17-8-5-15-10-3-4-12(14)11(13)9-10/h3-4,9,15H,2,5-8H2,1H3. The maximum atomic E-state index is 5.90. The van der Waals surface area contributed by atoms with Crippen LogP contribution >= 0.6 is 27.5 Å². The lowest BCUT2D eigenvalue weighted by molar-refractivity contribution is 0.109. The van der Waals surface area contributed by atoms with Gasteiger partial charge in [-0.3, -0.25) is 0 Å². The Morgan fingerprint density at radius 1 is 1.29 bits per heavy atom. The van der Waals surface area contributed by atoms with Crippen molar-refractivity contribution >= 4 is 33.2 Å². The van der Waals surface area contributed by atoms with Crippen LogP contribution in [0.15, 0.2) is 22.7 Å². The molecule has 1 rings (SSSR count). The fraction of sp³-hybridized carbons (Fsp3) is 0.500. The van der Waals surface area contributed by atoms with Gasteiger partial charge in [0, 0.05) is 37.0 Å². The van der Waals surface area contributed by atoms with E-state index < -0.39 is 0 Å². The van der Waals surface area contributed by atoms with Crippen LogP contribution in [0, 0.1) is 0 Å². The second-order valence-electron chi connectivity index (χ2n) is 3.51. The number of rotatable bonds is 8. The number of anilines is 1. The fourth-order valence-corrected chi connectivity index (χ4v) is 1.78. The molecule has 96 valence electrons. The van der Waals surface area contributed by atoms with Crippen molar-refractivity contribution in [3.63, 3.8) is 0 Å². The number of halogens is 2. The van der Waals surface area contributed by atoms with Crippen LogP contribution in [0.3, 0.4) is 0 Å². The molecule has 0 spiro atoms. The van der Waals surface area contributed by atoms with E-state index in [-0.39, 0.29) is 0 Å². The molecule has 0 aliphatic heterocycles. The summed E-state index contributed by atoms with van der Waals surface area (Å²) in [6.45, 7) is 2.95. The largest absolute Gasteiger partial charge is 0.385 e. The minimum Gasteiger partial charge on any atom is -0.385 e. The summed E-state index contributed by atoms with van der Waals surface area (Å²) in [4.78, 5) is 0. The second kappa shape index (κ2) is 8.75. The molecular weight excluding hydrogens is 305 g/mol. The maximum absolute atomic E-state index is 5.90. The molecule has 1 aromatic carbocycles. The molecule has 0 amide bonds. The van der Waals surface area contributed by atoms with Crippen molar-refractivity contribution in [1.29, 1.82) is 0 Å². The summed E-state index contributed by atoms with van der Waals surface area (Å²) in [6, 6.07) is 5.75. The summed E-state index contributed by atoms with van der Waals surface area (Å²) in [7, 11) is 1.69. The monoisotopic (exact) mass is 321 g/mol. The SMILES string of the molecule is COCCCOCCNc1ccc(Cl)c(Br)c1. The number of benzene rings is 1. The van der Waals surface area contributed by atoms with Gasteiger partial charge in [0.25, 0.3) is 0 Å². The number of hydrogen-bond donors (Lipinski definition) is 1. The van der Waals surface area contributed by atoms with Gasteiger partial charge in [-0.15, -0.1) is 0 Å². The first-order valence-corrected chi connectivity index (χ1v) is 6.66. The molecule has 0 heterocycles. The fourth-order valence-electron chi connectivity index (χ4n) is 1.28. The Morgan fingerprint density at radius 3 is 2.82 bits per heavy atom. The normalized spacial score (nSPS) is 10.5. The average Bonchev–Trinajstić information content (AvgIpc) is 2.32. The number of ether oxygens (including phenoxy) is 2. The van der Waals surface area contributed by atoms with Gasteiger partial charge in [0.05, 0.1) is 11.6 Å². The van der Waals surface area contributed by atoms with Gasteiger partial charge < -0.3 is 14.8 Å². The second-order valence-corrected chi connectivity index (χ2v) is 4.78. The highest BCUT2D eigenvalue weighted by atomic mass is 79.9. The first-order valence-electron chi connectivity index (χ1n) is 5.49. The third-order valence-electron chi connectivity index (χ3n) is 2.13. The molecule has 3 nitrogen and oxygen atoms in total. The van der Waals surface area contributed by atoms with Gasteiger partial charge in [-0.25, -0.2) is 0 Å². The highest BCUT2D eigenvalue weighted by molar-refractivity contribution is 9.10. The van der Waals surface area contributed by atoms with Crippen LogP contribution in [0.2, 0.25) is 5.02 Å². The zero-order valence-electron chi connectivity index (χ0n) is 9.84. The van der Waals surface area contributed by atoms with E-state index in [4.69, 9.17) is 21.1 Å². The summed E-state index contributed by atoms with van der Waals surface area (Å²) in [5.74, 6) is 0. The van der Waals surface area contributed by atoms with E-state index in [1.807, 2.05) is 18.2 Å². The molecule has 0 atom stereocenters. The molecule has 0 aliphatic carbocycles. The van der Waals surface area contributed by atoms with Crippen LogP contribution in [-0.4, -0.2) is 33.5 Å². The lowest BCUT2D eigenvalue weighted by Crippen LogP contribution is -2.10. The van der Waals surface area contributed by atoms with Gasteiger partial charge in [0.15, 0.2) is 0 Å². The predicted molar refractivity (Wildman–Crippen MR) is 75.0 cm³/mol. The van der Waals surface area contributed by atoms with E-state index in [0.717, 1.165) is 36.3 Å². The predicted octanol–water partition coefficient (Wildman–Crippen LogP) is 3.57. The van der Waals surface area contributed by atoms with Crippen LogP contribution in [0.4, 0.5) is 5.69 Å². The molecule has 1 aromatic rings. The topological polar surface area (TPSA) is 30.5 Å². The summed E-state index contributed by atoms with van der Waals surface area (Å²) >= 11 is 9.28. The van der Waals surface area contributed by atoms with Crippen LogP contribution in [-0.2, 0) is 9.47 Å². The molecule has 0 saturated carbocycles. The number of methoxy groups -OCH3 is 1. The smallest absolute Gasteiger partial charge is 0.0639 e. The van der Waals surface area contributed by atoms with Gasteiger partial charge in [-0.1, -0.05) is 11.6 Å². The zero-order chi connectivity index (χ0) is 12.5. The molecule has 5 heteroatoms. The van der Waals surface area contributed by atoms with Gasteiger partial charge >= 0.3 is 0 Å². The summed E-state index contributed by atoms with van der Waals surface area (Å²) in [6.07, 6.45) is 0.934. The molecule has 0 saturated heterocycles. The van der Waals surface area contributed by atoms with Crippen LogP contribution in [0.25, 0.3) is 0 Å². The van der Waals surface area contributed by atoms with Crippen molar-refractivity contribution in [2.24, 2.45) is 0 Å². The molecule has 0 aliphatic rings. The highest BCUT2D eigenvalue weighted by Crippen LogP contribution is 2.25. The highest BCUT2D eigenvalue weighted by Gasteiger charge is 1.98. The van der Waals surface area contributed by atoms with E-state index in [9.17, 15) is 0 Å². The van der Waals surface area contributed by atoms with E-state index in [2.05, 4.69) is 21.2 Å². The summed E-state index contributed by atoms with van der Waals surface area (Å²) < 4.78 is 11.3. The molecule has 17 heavy (non-hydrogen) atoms. The van der Waals surface area contributed by atoms with E-state index in [1.54, 1.807) is 7.11 Å². The minimum absolute atomic E-state index is 0.684. The van der Waals surface area contributed by atoms with Crippen LogP contribution < -0.4 is 5.32 Å². The van der Waals surface area contributed by atoms with E-state index >= 15 is 0 Å². The molecule has 0 fully saturated rings. The molecule has 0 unspecified atom stereocenters. The van der Waals surface area contributed by atoms with Gasteiger partial charge in [-0.05, 0) is 40.5 Å². The molecular formula is C12H17BrClNO2. The van der Waals surface area contributed by atoms with Crippen LogP contribution in [0.1, 0.15) is 6.42 Å². The Kier molecular flexibility index (Phi) is 7.60. The Labute approximate surface area is 116 Å². The molecule has 0 radical (unpaired) electrons. The molecule has 1 N–H and O–H groups in total. The van der Waals surface area contributed by atoms with Gasteiger partial charge in [0.1, 0.15) is 0 Å². The Balaban J connectivity index is 2.11. The number of hydrogen-bond acceptors (Lipinski definition) is 3. The Morgan fingerprint density at radius 2 is 2.12 bits per heavy atom. The first-order chi connectivity index (χ1) is 8.24. The lowest BCUT2D eigenvalue weighted by atomic mass is 10.3. The Hall–Kier alpha value is -0.290. The van der Waals surface area contributed by atoms with Crippen molar-refractivity contribution in [3.8, 4) is 0 Å². The molecule has 0 aromatic heterocycles. The maximum Gasteiger partial charge on any atom is 0.0639 e. The average molecular weight is 323 g/mol. The van der Waals surface area contributed by atoms with Crippen molar-refractivity contribution in [2.75, 3.05) is 38.8 Å². The summed E-state index contributed by atoms with van der Waals surface area (Å²) in [5.41, 5.74) is 1.03. The van der Waals surface area contributed by atoms with Gasteiger partial charge in [0.2, 0.25) is 0 Å².